The summed E-state index contributed by atoms with van der Waals surface area (Å²) in [6, 6.07) is 0. The van der Waals surface area contributed by atoms with Gasteiger partial charge < -0.3 is 5.11 Å². The van der Waals surface area contributed by atoms with Crippen molar-refractivity contribution in [2.45, 2.75) is 83.7 Å². The molecule has 124 valence electrons. The summed E-state index contributed by atoms with van der Waals surface area (Å²) in [5.41, 5.74) is -0.408. The van der Waals surface area contributed by atoms with Crippen LogP contribution in [0.2, 0.25) is 0 Å². The van der Waals surface area contributed by atoms with E-state index in [-0.39, 0.29) is 5.41 Å². The molecule has 22 heavy (non-hydrogen) atoms. The zero-order valence-corrected chi connectivity index (χ0v) is 14.3. The highest BCUT2D eigenvalue weighted by atomic mass is 16.3. The molecule has 0 bridgehead atoms. The van der Waals surface area contributed by atoms with Crippen LogP contribution in [0.25, 0.3) is 0 Å². The monoisotopic (exact) mass is 304 g/mol. The predicted molar refractivity (Wildman–Crippen MR) is 87.4 cm³/mol. The molecule has 0 aromatic rings. The Balaban J connectivity index is 1.60. The molecule has 4 fully saturated rings. The molecule has 0 amide bonds. The summed E-state index contributed by atoms with van der Waals surface area (Å²) in [6.07, 6.45) is 11.6. The Morgan fingerprint density at radius 3 is 2.55 bits per heavy atom. The number of hydrogen-bond donors (Lipinski definition) is 1. The van der Waals surface area contributed by atoms with E-state index in [4.69, 9.17) is 0 Å². The number of carbonyl (C=O) groups excluding carboxylic acids is 1. The first-order chi connectivity index (χ1) is 10.4. The van der Waals surface area contributed by atoms with Crippen LogP contribution >= 0.6 is 0 Å². The molecule has 4 aliphatic carbocycles. The van der Waals surface area contributed by atoms with E-state index in [9.17, 15) is 9.90 Å². The number of hydrogen-bond acceptors (Lipinski definition) is 2. The zero-order chi connectivity index (χ0) is 15.5. The Bertz CT molecular complexity index is 468. The number of fused-ring (bicyclic) bond motifs is 5. The van der Waals surface area contributed by atoms with Crippen LogP contribution in [0.5, 0.6) is 0 Å². The van der Waals surface area contributed by atoms with Gasteiger partial charge in [-0.1, -0.05) is 19.8 Å². The van der Waals surface area contributed by atoms with Crippen LogP contribution in [0.3, 0.4) is 0 Å². The normalized spacial score (nSPS) is 55.0. The second-order valence-corrected chi connectivity index (χ2v) is 9.45. The molecular weight excluding hydrogens is 272 g/mol. The second kappa shape index (κ2) is 5.06. The van der Waals surface area contributed by atoms with Gasteiger partial charge in [0.1, 0.15) is 5.78 Å². The van der Waals surface area contributed by atoms with Crippen molar-refractivity contribution in [1.29, 1.82) is 0 Å². The highest BCUT2D eigenvalue weighted by Gasteiger charge is 2.56. The van der Waals surface area contributed by atoms with Crippen LogP contribution in [0, 0.1) is 35.0 Å². The third-order valence-electron chi connectivity index (χ3n) is 8.19. The molecular formula is C20H32O2. The van der Waals surface area contributed by atoms with Gasteiger partial charge in [0.25, 0.3) is 0 Å². The molecule has 2 nitrogen and oxygen atoms in total. The van der Waals surface area contributed by atoms with Crippen LogP contribution in [0.15, 0.2) is 0 Å². The number of rotatable bonds is 0. The first kappa shape index (κ1) is 15.2. The minimum Gasteiger partial charge on any atom is -0.390 e. The first-order valence-corrected chi connectivity index (χ1v) is 9.66. The van der Waals surface area contributed by atoms with Gasteiger partial charge in [0.15, 0.2) is 0 Å². The summed E-state index contributed by atoms with van der Waals surface area (Å²) in [4.78, 5) is 12.4. The van der Waals surface area contributed by atoms with Gasteiger partial charge in [0, 0.05) is 11.8 Å². The van der Waals surface area contributed by atoms with Crippen LogP contribution in [0.4, 0.5) is 0 Å². The average molecular weight is 304 g/mol. The largest absolute Gasteiger partial charge is 0.390 e. The Labute approximate surface area is 135 Å². The van der Waals surface area contributed by atoms with Crippen LogP contribution < -0.4 is 0 Å². The Morgan fingerprint density at radius 1 is 0.955 bits per heavy atom. The van der Waals surface area contributed by atoms with Crippen molar-refractivity contribution in [2.24, 2.45) is 35.0 Å². The van der Waals surface area contributed by atoms with Gasteiger partial charge in [-0.25, -0.2) is 0 Å². The van der Waals surface area contributed by atoms with Crippen molar-refractivity contribution < 1.29 is 9.90 Å². The fraction of sp³-hybridized carbons (Fsp3) is 0.950. The van der Waals surface area contributed by atoms with E-state index in [2.05, 4.69) is 6.92 Å². The minimum atomic E-state index is -0.423. The van der Waals surface area contributed by atoms with E-state index in [1.807, 2.05) is 6.92 Å². The van der Waals surface area contributed by atoms with Crippen LogP contribution in [-0.4, -0.2) is 16.5 Å². The molecule has 7 atom stereocenters. The van der Waals surface area contributed by atoms with Gasteiger partial charge in [-0.2, -0.15) is 0 Å². The summed E-state index contributed by atoms with van der Waals surface area (Å²) in [7, 11) is 0. The first-order valence-electron chi connectivity index (χ1n) is 9.66. The molecule has 0 aromatic heterocycles. The van der Waals surface area contributed by atoms with Crippen molar-refractivity contribution in [3.05, 3.63) is 0 Å². The van der Waals surface area contributed by atoms with E-state index >= 15 is 0 Å². The van der Waals surface area contributed by atoms with E-state index in [0.29, 0.717) is 11.7 Å². The van der Waals surface area contributed by atoms with Crippen molar-refractivity contribution >= 4 is 5.78 Å². The minimum absolute atomic E-state index is 0.0150. The maximum absolute atomic E-state index is 12.4. The highest BCUT2D eigenvalue weighted by molar-refractivity contribution is 5.87. The molecule has 0 heterocycles. The summed E-state index contributed by atoms with van der Waals surface area (Å²) < 4.78 is 0. The molecule has 0 aliphatic heterocycles. The lowest BCUT2D eigenvalue weighted by molar-refractivity contribution is -0.131. The van der Waals surface area contributed by atoms with E-state index in [0.717, 1.165) is 55.8 Å². The molecule has 0 spiro atoms. The standard InChI is InChI=1S/C20H32O2/c1-19(22)10-8-14-13(12-19)4-3-5-16-15(14)9-11-20(2)17(16)6-7-18(20)21/h13-17,22H,3-12H2,1-2H3/t13-,14-,15+,16+,17-,19+,20-/m0/s1. The molecule has 2 heteroatoms. The maximum Gasteiger partial charge on any atom is 0.139 e. The second-order valence-electron chi connectivity index (χ2n) is 9.45. The molecule has 0 unspecified atom stereocenters. The molecule has 4 rings (SSSR count). The fourth-order valence-electron chi connectivity index (χ4n) is 7.06. The lowest BCUT2D eigenvalue weighted by atomic mass is 9.54. The number of Topliss-reactive ketones (excluding diaryl/α,β-unsaturated/α-hetero) is 1. The molecule has 1 N–H and O–H groups in total. The van der Waals surface area contributed by atoms with E-state index in [1.54, 1.807) is 0 Å². The molecule has 4 aliphatic rings. The fourth-order valence-corrected chi connectivity index (χ4v) is 7.06. The average Bonchev–Trinajstić information content (AvgIpc) is 2.65. The topological polar surface area (TPSA) is 37.3 Å². The number of carbonyl (C=O) groups is 1. The van der Waals surface area contributed by atoms with Gasteiger partial charge in [0.2, 0.25) is 0 Å². The predicted octanol–water partition coefficient (Wildman–Crippen LogP) is 4.35. The van der Waals surface area contributed by atoms with Crippen molar-refractivity contribution in [3.8, 4) is 0 Å². The smallest absolute Gasteiger partial charge is 0.139 e. The lowest BCUT2D eigenvalue weighted by Gasteiger charge is -2.50. The van der Waals surface area contributed by atoms with Crippen molar-refractivity contribution in [2.75, 3.05) is 0 Å². The quantitative estimate of drug-likeness (QED) is 0.722. The van der Waals surface area contributed by atoms with E-state index in [1.165, 1.54) is 32.1 Å². The Hall–Kier alpha value is -0.370. The highest BCUT2D eigenvalue weighted by Crippen LogP contribution is 2.60. The van der Waals surface area contributed by atoms with Gasteiger partial charge in [0.05, 0.1) is 5.60 Å². The molecule has 0 aromatic carbocycles. The summed E-state index contributed by atoms with van der Waals surface area (Å²) in [5, 5.41) is 10.5. The van der Waals surface area contributed by atoms with Gasteiger partial charge >= 0.3 is 0 Å². The van der Waals surface area contributed by atoms with Crippen molar-refractivity contribution in [1.82, 2.24) is 0 Å². The van der Waals surface area contributed by atoms with E-state index < -0.39 is 5.60 Å². The zero-order valence-electron chi connectivity index (χ0n) is 14.3. The van der Waals surface area contributed by atoms with Gasteiger partial charge in [-0.15, -0.1) is 0 Å². The Morgan fingerprint density at radius 2 is 1.73 bits per heavy atom. The molecule has 4 saturated carbocycles. The Kier molecular flexibility index (Phi) is 3.49. The molecule has 0 saturated heterocycles. The van der Waals surface area contributed by atoms with Crippen LogP contribution in [-0.2, 0) is 4.79 Å². The summed E-state index contributed by atoms with van der Waals surface area (Å²) >= 11 is 0. The van der Waals surface area contributed by atoms with Crippen LogP contribution in [0.1, 0.15) is 78.1 Å². The summed E-state index contributed by atoms with van der Waals surface area (Å²) in [5.74, 6) is 4.42. The number of ketones is 1. The maximum atomic E-state index is 12.4. The van der Waals surface area contributed by atoms with Crippen molar-refractivity contribution in [3.63, 3.8) is 0 Å². The number of aliphatic hydroxyl groups is 1. The molecule has 0 radical (unpaired) electrons. The third-order valence-corrected chi connectivity index (χ3v) is 8.19. The lowest BCUT2D eigenvalue weighted by Crippen LogP contribution is -2.46. The SMILES string of the molecule is C[C@@]1(O)CC[C@H]2[C@@H](CCC[C@@H]3[C@@H]2CC[C@]2(C)C(=O)CC[C@@H]32)C1. The summed E-state index contributed by atoms with van der Waals surface area (Å²) in [6.45, 7) is 4.32. The third kappa shape index (κ3) is 2.20. The van der Waals surface area contributed by atoms with Gasteiger partial charge in [-0.3, -0.25) is 4.79 Å². The van der Waals surface area contributed by atoms with Gasteiger partial charge in [-0.05, 0) is 81.5 Å².